The van der Waals surface area contributed by atoms with E-state index in [0.717, 1.165) is 27.5 Å². The minimum atomic E-state index is -0.529. The number of aromatic amines is 1. The topological polar surface area (TPSA) is 76.7 Å². The van der Waals surface area contributed by atoms with Crippen LogP contribution in [0.2, 0.25) is 5.02 Å². The summed E-state index contributed by atoms with van der Waals surface area (Å²) in [6, 6.07) is 5.71. The van der Waals surface area contributed by atoms with Crippen LogP contribution in [0, 0.1) is 6.92 Å². The van der Waals surface area contributed by atoms with E-state index in [4.69, 9.17) is 25.8 Å². The van der Waals surface area contributed by atoms with E-state index < -0.39 is 5.60 Å². The number of rotatable bonds is 3. The summed E-state index contributed by atoms with van der Waals surface area (Å²) < 4.78 is 17.3. The molecule has 0 radical (unpaired) electrons. The number of aryl methyl sites for hydroxylation is 1. The van der Waals surface area contributed by atoms with Crippen LogP contribution in [0.3, 0.4) is 0 Å². The molecular formula is C22H26ClN3O4. The largest absolute Gasteiger partial charge is 0.489 e. The van der Waals surface area contributed by atoms with Crippen LogP contribution in [0.25, 0.3) is 21.9 Å². The van der Waals surface area contributed by atoms with Crippen molar-refractivity contribution in [2.75, 3.05) is 26.3 Å². The normalized spacial score (nSPS) is 17.5. The number of nitrogens with one attached hydrogen (secondary N) is 1. The number of fused-ring (bicyclic) bond motifs is 3. The first-order valence-corrected chi connectivity index (χ1v) is 10.4. The summed E-state index contributed by atoms with van der Waals surface area (Å²) >= 11 is 6.47. The minimum absolute atomic E-state index is 0.248. The maximum Gasteiger partial charge on any atom is 0.410 e. The Kier molecular flexibility index (Phi) is 5.51. The van der Waals surface area contributed by atoms with Crippen LogP contribution < -0.4 is 4.74 Å². The van der Waals surface area contributed by atoms with Gasteiger partial charge in [0, 0.05) is 23.5 Å². The molecule has 0 spiro atoms. The Morgan fingerprint density at radius 2 is 2.20 bits per heavy atom. The number of benzene rings is 1. The summed E-state index contributed by atoms with van der Waals surface area (Å²) in [5.74, 6) is 0.669. The minimum Gasteiger partial charge on any atom is -0.489 e. The standard InChI is InChI=1S/C22H26ClN3O4/c1-13-9-15-18-16(23)5-6-17(19(18)25-20(15)24-10-13)29-12-14-11-26(7-8-28-14)21(27)30-22(2,3)4/h5-6,9-10,14H,7-8,11-12H2,1-4H3,(H,24,25). The molecule has 1 aliphatic rings. The van der Waals surface area contributed by atoms with Gasteiger partial charge in [-0.1, -0.05) is 11.6 Å². The smallest absolute Gasteiger partial charge is 0.410 e. The molecule has 0 saturated carbocycles. The van der Waals surface area contributed by atoms with Crippen molar-refractivity contribution in [3.05, 3.63) is 35.0 Å². The molecule has 1 aromatic carbocycles. The number of carbonyl (C=O) groups is 1. The van der Waals surface area contributed by atoms with Gasteiger partial charge in [-0.05, 0) is 51.5 Å². The first-order valence-electron chi connectivity index (χ1n) is 10.00. The first kappa shape index (κ1) is 20.8. The average molecular weight is 432 g/mol. The third kappa shape index (κ3) is 4.32. The zero-order valence-corrected chi connectivity index (χ0v) is 18.4. The number of halogens is 1. The zero-order chi connectivity index (χ0) is 21.5. The molecule has 1 N–H and O–H groups in total. The van der Waals surface area contributed by atoms with E-state index in [2.05, 4.69) is 16.0 Å². The van der Waals surface area contributed by atoms with Gasteiger partial charge in [0.2, 0.25) is 0 Å². The highest BCUT2D eigenvalue weighted by molar-refractivity contribution is 6.38. The lowest BCUT2D eigenvalue weighted by atomic mass is 10.1. The van der Waals surface area contributed by atoms with Crippen molar-refractivity contribution in [2.45, 2.75) is 39.4 Å². The van der Waals surface area contributed by atoms with Crippen molar-refractivity contribution < 1.29 is 19.0 Å². The van der Waals surface area contributed by atoms with Crippen molar-refractivity contribution in [1.82, 2.24) is 14.9 Å². The third-order valence-corrected chi connectivity index (χ3v) is 5.18. The summed E-state index contributed by atoms with van der Waals surface area (Å²) in [6.07, 6.45) is 1.23. The van der Waals surface area contributed by atoms with Crippen LogP contribution in [-0.2, 0) is 9.47 Å². The first-order chi connectivity index (χ1) is 14.2. The zero-order valence-electron chi connectivity index (χ0n) is 17.6. The van der Waals surface area contributed by atoms with Gasteiger partial charge in [-0.15, -0.1) is 0 Å². The summed E-state index contributed by atoms with van der Waals surface area (Å²) in [6.45, 7) is 9.23. The van der Waals surface area contributed by atoms with E-state index in [9.17, 15) is 4.79 Å². The number of ether oxygens (including phenoxy) is 3. The summed E-state index contributed by atoms with van der Waals surface area (Å²) in [5, 5.41) is 2.49. The van der Waals surface area contributed by atoms with Gasteiger partial charge in [-0.2, -0.15) is 0 Å². The fourth-order valence-electron chi connectivity index (χ4n) is 3.54. The van der Waals surface area contributed by atoms with Crippen molar-refractivity contribution in [3.8, 4) is 5.75 Å². The molecule has 0 bridgehead atoms. The fourth-order valence-corrected chi connectivity index (χ4v) is 3.80. The maximum atomic E-state index is 12.4. The van der Waals surface area contributed by atoms with Gasteiger partial charge in [0.15, 0.2) is 0 Å². The SMILES string of the molecule is Cc1cnc2[nH]c3c(OCC4CN(C(=O)OC(C)(C)C)CCO4)ccc(Cl)c3c2c1. The van der Waals surface area contributed by atoms with Crippen molar-refractivity contribution >= 4 is 39.6 Å². The second kappa shape index (κ2) is 7.96. The molecule has 1 amide bonds. The summed E-state index contributed by atoms with van der Waals surface area (Å²) in [5.41, 5.74) is 2.09. The predicted molar refractivity (Wildman–Crippen MR) is 116 cm³/mol. The summed E-state index contributed by atoms with van der Waals surface area (Å²) in [4.78, 5) is 21.8. The van der Waals surface area contributed by atoms with Gasteiger partial charge >= 0.3 is 6.09 Å². The quantitative estimate of drug-likeness (QED) is 0.650. The average Bonchev–Trinajstić information content (AvgIpc) is 3.06. The second-order valence-corrected chi connectivity index (χ2v) is 8.97. The molecule has 4 rings (SSSR count). The van der Waals surface area contributed by atoms with Crippen molar-refractivity contribution in [3.63, 3.8) is 0 Å². The lowest BCUT2D eigenvalue weighted by Gasteiger charge is -2.34. The van der Waals surface area contributed by atoms with Crippen LogP contribution in [0.5, 0.6) is 5.75 Å². The van der Waals surface area contributed by atoms with E-state index >= 15 is 0 Å². The van der Waals surface area contributed by atoms with E-state index in [1.54, 1.807) is 4.90 Å². The van der Waals surface area contributed by atoms with Crippen LogP contribution in [0.4, 0.5) is 4.79 Å². The van der Waals surface area contributed by atoms with E-state index in [0.29, 0.717) is 37.1 Å². The number of hydrogen-bond donors (Lipinski definition) is 1. The number of aromatic nitrogens is 2. The monoisotopic (exact) mass is 431 g/mol. The molecule has 7 nitrogen and oxygen atoms in total. The molecule has 3 heterocycles. The van der Waals surface area contributed by atoms with Crippen molar-refractivity contribution in [1.29, 1.82) is 0 Å². The Morgan fingerprint density at radius 1 is 1.40 bits per heavy atom. The number of H-pyrrole nitrogens is 1. The molecule has 0 aliphatic carbocycles. The fraction of sp³-hybridized carbons (Fsp3) is 0.455. The Balaban J connectivity index is 1.50. The molecule has 1 unspecified atom stereocenters. The molecule has 1 aliphatic heterocycles. The van der Waals surface area contributed by atoms with Gasteiger partial charge in [0.05, 0.1) is 23.7 Å². The highest BCUT2D eigenvalue weighted by atomic mass is 35.5. The van der Waals surface area contributed by atoms with E-state index in [-0.39, 0.29) is 12.2 Å². The highest BCUT2D eigenvalue weighted by Gasteiger charge is 2.28. The molecule has 3 aromatic rings. The van der Waals surface area contributed by atoms with Crippen LogP contribution >= 0.6 is 11.6 Å². The highest BCUT2D eigenvalue weighted by Crippen LogP contribution is 2.36. The number of amides is 1. The molecule has 2 aromatic heterocycles. The number of nitrogens with zero attached hydrogens (tertiary/aromatic N) is 2. The van der Waals surface area contributed by atoms with Gasteiger partial charge in [-0.25, -0.2) is 9.78 Å². The number of morpholine rings is 1. The Bertz CT molecular complexity index is 1090. The van der Waals surface area contributed by atoms with Crippen LogP contribution in [0.15, 0.2) is 24.4 Å². The maximum absolute atomic E-state index is 12.4. The third-order valence-electron chi connectivity index (χ3n) is 4.87. The Labute approximate surface area is 180 Å². The van der Waals surface area contributed by atoms with Gasteiger partial charge in [0.1, 0.15) is 29.7 Å². The van der Waals surface area contributed by atoms with E-state index in [1.165, 1.54) is 0 Å². The van der Waals surface area contributed by atoms with Gasteiger partial charge in [-0.3, -0.25) is 0 Å². The Morgan fingerprint density at radius 3 is 2.97 bits per heavy atom. The predicted octanol–water partition coefficient (Wildman–Crippen LogP) is 4.69. The Hall–Kier alpha value is -2.51. The lowest BCUT2D eigenvalue weighted by molar-refractivity contribution is -0.0555. The molecule has 30 heavy (non-hydrogen) atoms. The number of pyridine rings is 1. The molecule has 1 saturated heterocycles. The van der Waals surface area contributed by atoms with Gasteiger partial charge < -0.3 is 24.1 Å². The molecule has 160 valence electrons. The molecule has 1 fully saturated rings. The van der Waals surface area contributed by atoms with Crippen molar-refractivity contribution in [2.24, 2.45) is 0 Å². The van der Waals surface area contributed by atoms with E-state index in [1.807, 2.05) is 46.0 Å². The van der Waals surface area contributed by atoms with Crippen LogP contribution in [0.1, 0.15) is 26.3 Å². The molecular weight excluding hydrogens is 406 g/mol. The second-order valence-electron chi connectivity index (χ2n) is 8.56. The van der Waals surface area contributed by atoms with Crippen LogP contribution in [-0.4, -0.2) is 59.0 Å². The molecule has 8 heteroatoms. The molecule has 1 atom stereocenters. The number of hydrogen-bond acceptors (Lipinski definition) is 5. The lowest BCUT2D eigenvalue weighted by Crippen LogP contribution is -2.49. The van der Waals surface area contributed by atoms with Gasteiger partial charge in [0.25, 0.3) is 0 Å². The number of carbonyl (C=O) groups excluding carboxylic acids is 1. The summed E-state index contributed by atoms with van der Waals surface area (Å²) in [7, 11) is 0.